The number of nitrogens with zero attached hydrogens (tertiary/aromatic N) is 3. The van der Waals surface area contributed by atoms with E-state index in [4.69, 9.17) is 4.74 Å². The number of ether oxygens (including phenoxy) is 1. The number of aromatic nitrogens is 4. The van der Waals surface area contributed by atoms with E-state index >= 15 is 0 Å². The van der Waals surface area contributed by atoms with E-state index < -0.39 is 11.4 Å². The Labute approximate surface area is 267 Å². The van der Waals surface area contributed by atoms with Crippen LogP contribution in [0.1, 0.15) is 70.3 Å². The third-order valence-corrected chi connectivity index (χ3v) is 9.54. The zero-order chi connectivity index (χ0) is 32.2. The van der Waals surface area contributed by atoms with Crippen molar-refractivity contribution in [1.82, 2.24) is 19.9 Å². The van der Waals surface area contributed by atoms with Crippen molar-refractivity contribution >= 4 is 28.6 Å². The van der Waals surface area contributed by atoms with Crippen LogP contribution in [0.25, 0.3) is 22.2 Å². The van der Waals surface area contributed by atoms with Crippen molar-refractivity contribution in [3.63, 3.8) is 0 Å². The van der Waals surface area contributed by atoms with E-state index in [2.05, 4.69) is 40.7 Å². The third-order valence-electron chi connectivity index (χ3n) is 8.28. The van der Waals surface area contributed by atoms with Crippen molar-refractivity contribution in [2.24, 2.45) is 5.41 Å². The topological polar surface area (TPSA) is 101 Å². The molecular weight excluding hydrogens is 587 g/mol. The van der Waals surface area contributed by atoms with Crippen LogP contribution in [-0.2, 0) is 17.8 Å². The normalized spacial score (nSPS) is 12.8. The Morgan fingerprint density at radius 3 is 2.36 bits per heavy atom. The Morgan fingerprint density at radius 2 is 1.76 bits per heavy atom. The first kappa shape index (κ1) is 32.2. The Kier molecular flexibility index (Phi) is 9.58. The van der Waals surface area contributed by atoms with E-state index in [1.165, 1.54) is 12.3 Å². The summed E-state index contributed by atoms with van der Waals surface area (Å²) in [7, 11) is 0. The molecule has 0 aliphatic heterocycles. The lowest BCUT2D eigenvalue weighted by Gasteiger charge is -2.36. The zero-order valence-corrected chi connectivity index (χ0v) is 27.1. The van der Waals surface area contributed by atoms with E-state index in [0.717, 1.165) is 38.3 Å². The highest BCUT2D eigenvalue weighted by Crippen LogP contribution is 2.50. The number of pyridine rings is 1. The molecular formula is C36H39FN4O3S. The average molecular weight is 627 g/mol. The Balaban J connectivity index is 1.59. The first-order valence-electron chi connectivity index (χ1n) is 15.2. The van der Waals surface area contributed by atoms with Gasteiger partial charge in [-0.15, -0.1) is 11.8 Å². The predicted molar refractivity (Wildman–Crippen MR) is 177 cm³/mol. The molecule has 5 aromatic rings. The lowest BCUT2D eigenvalue weighted by atomic mass is 9.67. The first-order chi connectivity index (χ1) is 21.5. The molecule has 1 atom stereocenters. The van der Waals surface area contributed by atoms with Gasteiger partial charge in [0, 0.05) is 50.1 Å². The second-order valence-corrected chi connectivity index (χ2v) is 14.1. The lowest BCUT2D eigenvalue weighted by molar-refractivity contribution is -0.151. The van der Waals surface area contributed by atoms with Crippen LogP contribution < -0.4 is 4.74 Å². The zero-order valence-electron chi connectivity index (χ0n) is 26.3. The molecule has 3 heterocycles. The fraction of sp³-hybridized carbons (Fsp3) is 0.333. The van der Waals surface area contributed by atoms with Gasteiger partial charge in [0.1, 0.15) is 18.2 Å². The second-order valence-electron chi connectivity index (χ2n) is 12.3. The van der Waals surface area contributed by atoms with Crippen molar-refractivity contribution in [3.05, 3.63) is 102 Å². The van der Waals surface area contributed by atoms with Gasteiger partial charge in [-0.2, -0.15) is 0 Å². The third kappa shape index (κ3) is 7.20. The molecule has 2 aromatic carbocycles. The van der Waals surface area contributed by atoms with Gasteiger partial charge in [-0.05, 0) is 55.2 Å². The molecule has 0 radical (unpaired) electrons. The van der Waals surface area contributed by atoms with Gasteiger partial charge in [0.2, 0.25) is 0 Å². The summed E-state index contributed by atoms with van der Waals surface area (Å²) in [6.45, 7) is 10.7. The van der Waals surface area contributed by atoms with E-state index in [0.29, 0.717) is 30.7 Å². The molecule has 2 N–H and O–H groups in total. The van der Waals surface area contributed by atoms with E-state index in [9.17, 15) is 14.3 Å². The molecule has 0 bridgehead atoms. The number of carbonyl (C=O) groups is 1. The fourth-order valence-electron chi connectivity index (χ4n) is 5.84. The Hall–Kier alpha value is -4.24. The highest BCUT2D eigenvalue weighted by Gasteiger charge is 2.45. The number of fused-ring (bicyclic) bond motifs is 1. The predicted octanol–water partition coefficient (Wildman–Crippen LogP) is 8.85. The van der Waals surface area contributed by atoms with E-state index in [1.54, 1.807) is 36.4 Å². The molecule has 0 aliphatic carbocycles. The van der Waals surface area contributed by atoms with E-state index in [-0.39, 0.29) is 23.1 Å². The number of carboxylic acids is 1. The molecule has 45 heavy (non-hydrogen) atoms. The summed E-state index contributed by atoms with van der Waals surface area (Å²) in [5.74, 6) is -0.829. The number of H-pyrrole nitrogens is 1. The Bertz CT molecular complexity index is 1750. The summed E-state index contributed by atoms with van der Waals surface area (Å²) in [6.07, 6.45) is 7.63. The SMILES string of the molecule is CCC(CC)(C(=O)O)C(Cc1ccc(-c2ccc(F)cn2)cc1)c1[nH]c2ccc(OCc3cnccn3)cc2c1SC(C)(C)C. The standard InChI is InChI=1S/C36H39FN4O3S/c1-6-36(7-2,34(42)43)29(18-23-8-10-24(11-9-23)30-14-12-25(37)20-40-30)32-33(45-35(3,4)5)28-19-27(13-15-31(28)41-32)44-22-26-21-38-16-17-39-26/h8-17,19-21,29,41H,6-7,18,22H2,1-5H3,(H,42,43). The second kappa shape index (κ2) is 13.4. The minimum atomic E-state index is -1.00. The summed E-state index contributed by atoms with van der Waals surface area (Å²) in [5.41, 5.74) is 4.14. The quantitative estimate of drug-likeness (QED) is 0.133. The van der Waals surface area contributed by atoms with Crippen LogP contribution in [0.3, 0.4) is 0 Å². The minimum absolute atomic E-state index is 0.140. The van der Waals surface area contributed by atoms with Gasteiger partial charge in [0.15, 0.2) is 0 Å². The summed E-state index contributed by atoms with van der Waals surface area (Å²) in [5, 5.41) is 11.8. The number of nitrogens with one attached hydrogen (secondary N) is 1. The molecule has 5 rings (SSSR count). The maximum absolute atomic E-state index is 13.4. The van der Waals surface area contributed by atoms with Crippen LogP contribution in [0.15, 0.2) is 84.3 Å². The number of thioether (sulfide) groups is 1. The highest BCUT2D eigenvalue weighted by molar-refractivity contribution is 8.00. The summed E-state index contributed by atoms with van der Waals surface area (Å²) in [4.78, 5) is 30.5. The number of halogens is 1. The van der Waals surface area contributed by atoms with Crippen LogP contribution in [0.5, 0.6) is 5.75 Å². The fourth-order valence-corrected chi connectivity index (χ4v) is 7.04. The average Bonchev–Trinajstić information content (AvgIpc) is 3.37. The molecule has 0 saturated carbocycles. The van der Waals surface area contributed by atoms with Gasteiger partial charge in [-0.25, -0.2) is 4.39 Å². The van der Waals surface area contributed by atoms with Crippen LogP contribution in [0.4, 0.5) is 4.39 Å². The van der Waals surface area contributed by atoms with Gasteiger partial charge >= 0.3 is 5.97 Å². The molecule has 0 amide bonds. The number of aromatic amines is 1. The molecule has 7 nitrogen and oxygen atoms in total. The minimum Gasteiger partial charge on any atom is -0.487 e. The number of benzene rings is 2. The highest BCUT2D eigenvalue weighted by atomic mass is 32.2. The van der Waals surface area contributed by atoms with Crippen molar-refractivity contribution in [3.8, 4) is 17.0 Å². The number of rotatable bonds is 12. The first-order valence-corrected chi connectivity index (χ1v) is 16.0. The molecule has 0 aliphatic rings. The summed E-state index contributed by atoms with van der Waals surface area (Å²) >= 11 is 1.73. The van der Waals surface area contributed by atoms with Gasteiger partial charge in [-0.3, -0.25) is 19.7 Å². The summed E-state index contributed by atoms with van der Waals surface area (Å²) < 4.78 is 19.4. The van der Waals surface area contributed by atoms with E-state index in [1.807, 2.05) is 56.3 Å². The lowest BCUT2D eigenvalue weighted by Crippen LogP contribution is -2.38. The monoisotopic (exact) mass is 626 g/mol. The van der Waals surface area contributed by atoms with Crippen molar-refractivity contribution in [1.29, 1.82) is 0 Å². The van der Waals surface area contributed by atoms with Gasteiger partial charge in [0.25, 0.3) is 0 Å². The molecule has 234 valence electrons. The van der Waals surface area contributed by atoms with Crippen molar-refractivity contribution in [2.75, 3.05) is 0 Å². The number of aliphatic carboxylic acids is 1. The van der Waals surface area contributed by atoms with Gasteiger partial charge in [0.05, 0.1) is 29.2 Å². The van der Waals surface area contributed by atoms with Gasteiger partial charge < -0.3 is 14.8 Å². The van der Waals surface area contributed by atoms with Crippen LogP contribution in [0.2, 0.25) is 0 Å². The maximum Gasteiger partial charge on any atom is 0.310 e. The van der Waals surface area contributed by atoms with Crippen LogP contribution in [0, 0.1) is 11.2 Å². The summed E-state index contributed by atoms with van der Waals surface area (Å²) in [6, 6.07) is 17.0. The van der Waals surface area contributed by atoms with Crippen LogP contribution >= 0.6 is 11.8 Å². The number of hydrogen-bond acceptors (Lipinski definition) is 6. The molecule has 9 heteroatoms. The smallest absolute Gasteiger partial charge is 0.310 e. The van der Waals surface area contributed by atoms with Crippen LogP contribution in [-0.4, -0.2) is 35.8 Å². The maximum atomic E-state index is 13.4. The molecule has 3 aromatic heterocycles. The van der Waals surface area contributed by atoms with Crippen molar-refractivity contribution < 1.29 is 19.0 Å². The molecule has 0 spiro atoms. The Morgan fingerprint density at radius 1 is 1.00 bits per heavy atom. The largest absolute Gasteiger partial charge is 0.487 e. The van der Waals surface area contributed by atoms with Crippen molar-refractivity contribution in [2.45, 2.75) is 76.0 Å². The molecule has 0 fully saturated rings. The molecule has 0 saturated heterocycles. The molecule has 1 unspecified atom stereocenters. The van der Waals surface area contributed by atoms with Gasteiger partial charge in [-0.1, -0.05) is 58.9 Å². The number of carboxylic acid groups (broad SMARTS) is 1. The number of hydrogen-bond donors (Lipinski definition) is 2.